The van der Waals surface area contributed by atoms with Crippen molar-refractivity contribution in [3.05, 3.63) is 102 Å². The maximum absolute atomic E-state index is 14.1. The van der Waals surface area contributed by atoms with Crippen LogP contribution < -0.4 is 0 Å². The SMILES string of the molecule is C=CCC(C#N)(C#N)C1=CCC(C)(CF)C[C@H]1C(/C=C/c1ccccc1)c1ccccc1. The van der Waals surface area contributed by atoms with E-state index < -0.39 is 17.5 Å². The van der Waals surface area contributed by atoms with Crippen molar-refractivity contribution in [1.82, 2.24) is 0 Å². The second kappa shape index (κ2) is 10.3. The average Bonchev–Trinajstić information content (AvgIpc) is 2.84. The third kappa shape index (κ3) is 4.90. The van der Waals surface area contributed by atoms with Crippen LogP contribution in [-0.2, 0) is 0 Å². The van der Waals surface area contributed by atoms with Crippen molar-refractivity contribution >= 4 is 6.08 Å². The van der Waals surface area contributed by atoms with Crippen molar-refractivity contribution in [2.75, 3.05) is 6.67 Å². The minimum Gasteiger partial charge on any atom is -0.250 e. The molecule has 0 saturated heterocycles. The van der Waals surface area contributed by atoms with E-state index in [2.05, 4.69) is 43.0 Å². The number of nitrogens with zero attached hydrogens (tertiary/aromatic N) is 2. The number of rotatable bonds is 8. The molecule has 2 aromatic carbocycles. The quantitative estimate of drug-likeness (QED) is 0.414. The highest BCUT2D eigenvalue weighted by Crippen LogP contribution is 2.51. The molecule has 32 heavy (non-hydrogen) atoms. The summed E-state index contributed by atoms with van der Waals surface area (Å²) in [5, 5.41) is 20.1. The van der Waals surface area contributed by atoms with Crippen LogP contribution >= 0.6 is 0 Å². The Kier molecular flexibility index (Phi) is 7.45. The fourth-order valence-corrected chi connectivity index (χ4v) is 4.66. The van der Waals surface area contributed by atoms with E-state index in [0.29, 0.717) is 12.8 Å². The first-order chi connectivity index (χ1) is 15.5. The highest BCUT2D eigenvalue weighted by Gasteiger charge is 2.45. The molecule has 162 valence electrons. The summed E-state index contributed by atoms with van der Waals surface area (Å²) >= 11 is 0. The van der Waals surface area contributed by atoms with Gasteiger partial charge in [0.1, 0.15) is 0 Å². The summed E-state index contributed by atoms with van der Waals surface area (Å²) in [6, 6.07) is 24.7. The van der Waals surface area contributed by atoms with E-state index in [0.717, 1.165) is 16.7 Å². The van der Waals surface area contributed by atoms with Crippen LogP contribution in [0.1, 0.15) is 43.2 Å². The molecule has 0 N–H and O–H groups in total. The fourth-order valence-electron chi connectivity index (χ4n) is 4.66. The first-order valence-electron chi connectivity index (χ1n) is 11.0. The van der Waals surface area contributed by atoms with Crippen molar-refractivity contribution in [2.24, 2.45) is 16.7 Å². The van der Waals surface area contributed by atoms with Gasteiger partial charge in [-0.15, -0.1) is 6.58 Å². The van der Waals surface area contributed by atoms with Gasteiger partial charge in [-0.2, -0.15) is 10.5 Å². The van der Waals surface area contributed by atoms with Crippen LogP contribution in [0.3, 0.4) is 0 Å². The van der Waals surface area contributed by atoms with Crippen molar-refractivity contribution < 1.29 is 4.39 Å². The standard InChI is InChI=1S/C29H29FN2/c1-3-17-29(21-31,22-32)27-16-18-28(2,20-30)19-26(27)25(24-12-8-5-9-13-24)15-14-23-10-6-4-7-11-23/h3-16,25-26H,1,17-20H2,2H3/b15-14+/t25?,26-,28?/m0/s1. The Labute approximate surface area is 191 Å². The summed E-state index contributed by atoms with van der Waals surface area (Å²) in [6.07, 6.45) is 9.13. The largest absolute Gasteiger partial charge is 0.250 e. The Hall–Kier alpha value is -3.43. The molecule has 2 nitrogen and oxygen atoms in total. The third-order valence-electron chi connectivity index (χ3n) is 6.49. The van der Waals surface area contributed by atoms with Gasteiger partial charge < -0.3 is 0 Å². The summed E-state index contributed by atoms with van der Waals surface area (Å²) in [6.45, 7) is 5.29. The molecule has 1 aliphatic rings. The molecule has 0 spiro atoms. The summed E-state index contributed by atoms with van der Waals surface area (Å²) in [5.74, 6) is -0.272. The van der Waals surface area contributed by atoms with E-state index in [1.54, 1.807) is 6.08 Å². The predicted molar refractivity (Wildman–Crippen MR) is 128 cm³/mol. The lowest BCUT2D eigenvalue weighted by Crippen LogP contribution is -2.36. The van der Waals surface area contributed by atoms with Crippen LogP contribution in [0.2, 0.25) is 0 Å². The number of allylic oxidation sites excluding steroid dienone is 4. The maximum atomic E-state index is 14.1. The lowest BCUT2D eigenvalue weighted by molar-refractivity contribution is 0.166. The van der Waals surface area contributed by atoms with E-state index in [4.69, 9.17) is 0 Å². The molecule has 1 aliphatic carbocycles. The van der Waals surface area contributed by atoms with Crippen LogP contribution in [-0.4, -0.2) is 6.67 Å². The smallest absolute Gasteiger partial charge is 0.168 e. The highest BCUT2D eigenvalue weighted by molar-refractivity contribution is 5.52. The molecule has 3 atom stereocenters. The van der Waals surface area contributed by atoms with Gasteiger partial charge in [-0.3, -0.25) is 4.39 Å². The minimum atomic E-state index is -1.29. The normalized spacial score (nSPS) is 21.9. The van der Waals surface area contributed by atoms with E-state index in [1.165, 1.54) is 0 Å². The molecule has 3 rings (SSSR count). The third-order valence-corrected chi connectivity index (χ3v) is 6.49. The minimum absolute atomic E-state index is 0.0975. The average molecular weight is 425 g/mol. The highest BCUT2D eigenvalue weighted by atomic mass is 19.1. The summed E-state index contributed by atoms with van der Waals surface area (Å²) < 4.78 is 14.1. The Morgan fingerprint density at radius 1 is 1.12 bits per heavy atom. The molecule has 0 aromatic heterocycles. The lowest BCUT2D eigenvalue weighted by Gasteiger charge is -2.42. The molecule has 0 aliphatic heterocycles. The van der Waals surface area contributed by atoms with Crippen molar-refractivity contribution in [2.45, 2.75) is 32.1 Å². The molecule has 0 fully saturated rings. The summed E-state index contributed by atoms with van der Waals surface area (Å²) in [5.41, 5.74) is 1.13. The molecule has 0 radical (unpaired) electrons. The first kappa shape index (κ1) is 23.2. The van der Waals surface area contributed by atoms with E-state index in [-0.39, 0.29) is 18.3 Å². The van der Waals surface area contributed by atoms with Crippen molar-refractivity contribution in [3.63, 3.8) is 0 Å². The predicted octanol–water partition coefficient (Wildman–Crippen LogP) is 7.41. The number of nitriles is 2. The molecule has 0 amide bonds. The zero-order valence-electron chi connectivity index (χ0n) is 18.5. The molecule has 0 heterocycles. The first-order valence-corrected chi connectivity index (χ1v) is 11.0. The molecular weight excluding hydrogens is 395 g/mol. The van der Waals surface area contributed by atoms with Gasteiger partial charge in [-0.25, -0.2) is 0 Å². The molecule has 0 saturated carbocycles. The van der Waals surface area contributed by atoms with Gasteiger partial charge in [-0.1, -0.05) is 91.9 Å². The Morgan fingerprint density at radius 3 is 2.31 bits per heavy atom. The van der Waals surface area contributed by atoms with Crippen LogP contribution in [0.25, 0.3) is 6.08 Å². The van der Waals surface area contributed by atoms with E-state index >= 15 is 0 Å². The molecule has 2 aromatic rings. The second-order valence-corrected chi connectivity index (χ2v) is 8.95. The number of hydrogen-bond acceptors (Lipinski definition) is 2. The zero-order valence-corrected chi connectivity index (χ0v) is 18.5. The number of alkyl halides is 1. The van der Waals surface area contributed by atoms with Gasteiger partial charge in [0, 0.05) is 12.3 Å². The zero-order chi connectivity index (χ0) is 23.0. The van der Waals surface area contributed by atoms with Crippen molar-refractivity contribution in [3.8, 4) is 12.1 Å². The number of hydrogen-bond donors (Lipinski definition) is 0. The Bertz CT molecular complexity index is 1040. The lowest BCUT2D eigenvalue weighted by atomic mass is 9.60. The van der Waals surface area contributed by atoms with Gasteiger partial charge in [0.05, 0.1) is 18.8 Å². The molecular formula is C29H29FN2. The number of halogens is 1. The van der Waals surface area contributed by atoms with Crippen LogP contribution in [0.5, 0.6) is 0 Å². The second-order valence-electron chi connectivity index (χ2n) is 8.95. The van der Waals surface area contributed by atoms with Gasteiger partial charge in [0.15, 0.2) is 5.41 Å². The molecule has 2 unspecified atom stereocenters. The monoisotopic (exact) mass is 424 g/mol. The van der Waals surface area contributed by atoms with Gasteiger partial charge >= 0.3 is 0 Å². The Morgan fingerprint density at radius 2 is 1.75 bits per heavy atom. The van der Waals surface area contributed by atoms with Gasteiger partial charge in [0.2, 0.25) is 0 Å². The summed E-state index contributed by atoms with van der Waals surface area (Å²) in [7, 11) is 0. The maximum Gasteiger partial charge on any atom is 0.168 e. The van der Waals surface area contributed by atoms with Crippen LogP contribution in [0.4, 0.5) is 4.39 Å². The van der Waals surface area contributed by atoms with Crippen molar-refractivity contribution in [1.29, 1.82) is 10.5 Å². The topological polar surface area (TPSA) is 47.6 Å². The van der Waals surface area contributed by atoms with Crippen LogP contribution in [0.15, 0.2) is 91.0 Å². The number of benzene rings is 2. The Balaban J connectivity index is 2.16. The van der Waals surface area contributed by atoms with E-state index in [9.17, 15) is 14.9 Å². The summed E-state index contributed by atoms with van der Waals surface area (Å²) in [4.78, 5) is 0. The van der Waals surface area contributed by atoms with Gasteiger partial charge in [0.25, 0.3) is 0 Å². The van der Waals surface area contributed by atoms with Crippen LogP contribution in [0, 0.1) is 39.4 Å². The fraction of sp³-hybridized carbons (Fsp3) is 0.310. The van der Waals surface area contributed by atoms with E-state index in [1.807, 2.05) is 61.5 Å². The molecule has 0 bridgehead atoms. The van der Waals surface area contributed by atoms with Gasteiger partial charge in [-0.05, 0) is 40.9 Å². The molecule has 3 heteroatoms.